The molecule has 0 spiro atoms. The van der Waals surface area contributed by atoms with Crippen molar-refractivity contribution in [2.24, 2.45) is 0 Å². The van der Waals surface area contributed by atoms with E-state index in [0.717, 1.165) is 11.2 Å². The first-order chi connectivity index (χ1) is 8.65. The predicted octanol–water partition coefficient (Wildman–Crippen LogP) is 3.83. The lowest BCUT2D eigenvalue weighted by atomic mass is 10.2. The minimum absolute atomic E-state index is 0.319. The third-order valence-electron chi connectivity index (χ3n) is 2.68. The highest BCUT2D eigenvalue weighted by atomic mass is 79.9. The maximum atomic E-state index is 13.8. The molecule has 3 aromatic rings. The summed E-state index contributed by atoms with van der Waals surface area (Å²) < 4.78 is 14.5. The molecule has 0 amide bonds. The Hall–Kier alpha value is -1.75. The van der Waals surface area contributed by atoms with E-state index in [1.165, 1.54) is 6.07 Å². The third-order valence-corrected chi connectivity index (χ3v) is 3.35. The number of aromatic amines is 1. The number of hydrogen-bond acceptors (Lipinski definition) is 2. The van der Waals surface area contributed by atoms with Crippen LogP contribution >= 0.6 is 15.9 Å². The number of hydrogen-bond donors (Lipinski definition) is 1. The van der Waals surface area contributed by atoms with Gasteiger partial charge < -0.3 is 4.98 Å². The van der Waals surface area contributed by atoms with E-state index < -0.39 is 0 Å². The number of pyridine rings is 1. The minimum atomic E-state index is -0.319. The predicted molar refractivity (Wildman–Crippen MR) is 71.7 cm³/mol. The number of aryl methyl sites for hydroxylation is 1. The number of fused-ring (bicyclic) bond motifs is 1. The normalized spacial score (nSPS) is 11.1. The highest BCUT2D eigenvalue weighted by Gasteiger charge is 2.13. The van der Waals surface area contributed by atoms with Crippen molar-refractivity contribution in [2.45, 2.75) is 6.92 Å². The summed E-state index contributed by atoms with van der Waals surface area (Å²) in [7, 11) is 0. The minimum Gasteiger partial charge on any atom is -0.336 e. The maximum absolute atomic E-state index is 13.8. The molecule has 2 heterocycles. The van der Waals surface area contributed by atoms with Crippen LogP contribution in [0.15, 0.2) is 34.8 Å². The fourth-order valence-electron chi connectivity index (χ4n) is 1.83. The van der Waals surface area contributed by atoms with Gasteiger partial charge in [0.1, 0.15) is 11.6 Å². The Morgan fingerprint density at radius 3 is 2.78 bits per heavy atom. The number of aromatic nitrogens is 3. The van der Waals surface area contributed by atoms with Crippen LogP contribution in [0.1, 0.15) is 5.69 Å². The van der Waals surface area contributed by atoms with Crippen molar-refractivity contribution in [3.05, 3.63) is 46.3 Å². The molecule has 0 saturated carbocycles. The lowest BCUT2D eigenvalue weighted by Crippen LogP contribution is -1.87. The van der Waals surface area contributed by atoms with E-state index >= 15 is 0 Å². The quantitative estimate of drug-likeness (QED) is 0.742. The zero-order valence-electron chi connectivity index (χ0n) is 9.54. The molecule has 0 aliphatic rings. The second-order valence-corrected chi connectivity index (χ2v) is 4.86. The first-order valence-electron chi connectivity index (χ1n) is 5.43. The van der Waals surface area contributed by atoms with E-state index in [9.17, 15) is 4.39 Å². The van der Waals surface area contributed by atoms with Crippen molar-refractivity contribution in [1.29, 1.82) is 0 Å². The van der Waals surface area contributed by atoms with Gasteiger partial charge in [-0.05, 0) is 47.1 Å². The van der Waals surface area contributed by atoms with Gasteiger partial charge in [0.05, 0.1) is 11.1 Å². The highest BCUT2D eigenvalue weighted by Crippen LogP contribution is 2.29. The molecule has 0 aliphatic carbocycles. The molecule has 18 heavy (non-hydrogen) atoms. The molecule has 0 aliphatic heterocycles. The lowest BCUT2D eigenvalue weighted by molar-refractivity contribution is 0.629. The molecule has 0 atom stereocenters. The molecular formula is C13H9BrFN3. The topological polar surface area (TPSA) is 41.6 Å². The molecule has 2 aromatic heterocycles. The Morgan fingerprint density at radius 1 is 1.17 bits per heavy atom. The van der Waals surface area contributed by atoms with Crippen LogP contribution in [0.3, 0.4) is 0 Å². The third kappa shape index (κ3) is 1.80. The summed E-state index contributed by atoms with van der Waals surface area (Å²) in [6.45, 7) is 1.90. The highest BCUT2D eigenvalue weighted by molar-refractivity contribution is 9.10. The monoisotopic (exact) mass is 305 g/mol. The number of halogens is 2. The fourth-order valence-corrected chi connectivity index (χ4v) is 2.36. The SMILES string of the molecule is Cc1ccc2[nH]c(-c3c(F)cccc3Br)nc2n1. The Labute approximate surface area is 111 Å². The van der Waals surface area contributed by atoms with Crippen LogP contribution in [0.25, 0.3) is 22.6 Å². The molecule has 0 saturated heterocycles. The number of benzene rings is 1. The Bertz CT molecular complexity index is 716. The molecule has 1 aromatic carbocycles. The molecule has 0 fully saturated rings. The van der Waals surface area contributed by atoms with Gasteiger partial charge in [-0.25, -0.2) is 14.4 Å². The van der Waals surface area contributed by atoms with Gasteiger partial charge in [-0.2, -0.15) is 0 Å². The maximum Gasteiger partial charge on any atom is 0.178 e. The molecule has 3 nitrogen and oxygen atoms in total. The molecule has 3 rings (SSSR count). The zero-order chi connectivity index (χ0) is 12.7. The smallest absolute Gasteiger partial charge is 0.178 e. The number of nitrogens with zero attached hydrogens (tertiary/aromatic N) is 2. The molecule has 1 N–H and O–H groups in total. The molecule has 0 radical (unpaired) electrons. The molecular weight excluding hydrogens is 297 g/mol. The summed E-state index contributed by atoms with van der Waals surface area (Å²) in [5, 5.41) is 0. The summed E-state index contributed by atoms with van der Waals surface area (Å²) in [4.78, 5) is 11.7. The fraction of sp³-hybridized carbons (Fsp3) is 0.0769. The first kappa shape index (κ1) is 11.3. The van der Waals surface area contributed by atoms with Gasteiger partial charge in [-0.15, -0.1) is 0 Å². The zero-order valence-corrected chi connectivity index (χ0v) is 11.1. The average molecular weight is 306 g/mol. The lowest BCUT2D eigenvalue weighted by Gasteiger charge is -2.01. The van der Waals surface area contributed by atoms with Crippen LogP contribution in [0.5, 0.6) is 0 Å². The van der Waals surface area contributed by atoms with Crippen molar-refractivity contribution in [3.8, 4) is 11.4 Å². The molecule has 5 heteroatoms. The van der Waals surface area contributed by atoms with Crippen LogP contribution in [-0.4, -0.2) is 15.0 Å². The van der Waals surface area contributed by atoms with Crippen molar-refractivity contribution in [1.82, 2.24) is 15.0 Å². The number of imidazole rings is 1. The summed E-state index contributed by atoms with van der Waals surface area (Å²) in [5.74, 6) is 0.160. The molecule has 90 valence electrons. The van der Waals surface area contributed by atoms with Crippen LogP contribution in [0, 0.1) is 12.7 Å². The van der Waals surface area contributed by atoms with Crippen LogP contribution in [-0.2, 0) is 0 Å². The van der Waals surface area contributed by atoms with E-state index in [0.29, 0.717) is 21.5 Å². The van der Waals surface area contributed by atoms with Crippen LogP contribution in [0.2, 0.25) is 0 Å². The Kier molecular flexibility index (Phi) is 2.63. The van der Waals surface area contributed by atoms with Crippen LogP contribution < -0.4 is 0 Å². The summed E-state index contributed by atoms with van der Waals surface area (Å²) in [5.41, 5.74) is 2.70. The van der Waals surface area contributed by atoms with Gasteiger partial charge in [0.25, 0.3) is 0 Å². The van der Waals surface area contributed by atoms with Gasteiger partial charge in [0.15, 0.2) is 5.65 Å². The van der Waals surface area contributed by atoms with Gasteiger partial charge in [0, 0.05) is 10.2 Å². The second-order valence-electron chi connectivity index (χ2n) is 4.01. The standard InChI is InChI=1S/C13H9BrFN3/c1-7-5-6-10-12(16-7)18-13(17-10)11-8(14)3-2-4-9(11)15/h2-6H,1H3,(H,16,17,18). The Balaban J connectivity index is 2.26. The van der Waals surface area contributed by atoms with Crippen molar-refractivity contribution >= 4 is 27.1 Å². The Morgan fingerprint density at radius 2 is 2.00 bits per heavy atom. The molecule has 0 bridgehead atoms. The van der Waals surface area contributed by atoms with Gasteiger partial charge in [0.2, 0.25) is 0 Å². The van der Waals surface area contributed by atoms with Gasteiger partial charge in [-0.3, -0.25) is 0 Å². The average Bonchev–Trinajstić information content (AvgIpc) is 2.71. The van der Waals surface area contributed by atoms with Crippen molar-refractivity contribution in [3.63, 3.8) is 0 Å². The van der Waals surface area contributed by atoms with E-state index in [1.54, 1.807) is 12.1 Å². The number of H-pyrrole nitrogens is 1. The van der Waals surface area contributed by atoms with E-state index in [4.69, 9.17) is 0 Å². The summed E-state index contributed by atoms with van der Waals surface area (Å²) in [6, 6.07) is 8.62. The number of nitrogens with one attached hydrogen (secondary N) is 1. The van der Waals surface area contributed by atoms with E-state index in [2.05, 4.69) is 30.9 Å². The van der Waals surface area contributed by atoms with E-state index in [-0.39, 0.29) is 5.82 Å². The second kappa shape index (κ2) is 4.17. The van der Waals surface area contributed by atoms with Crippen molar-refractivity contribution in [2.75, 3.05) is 0 Å². The van der Waals surface area contributed by atoms with E-state index in [1.807, 2.05) is 19.1 Å². The van der Waals surface area contributed by atoms with Gasteiger partial charge >= 0.3 is 0 Å². The van der Waals surface area contributed by atoms with Crippen LogP contribution in [0.4, 0.5) is 4.39 Å². The van der Waals surface area contributed by atoms with Gasteiger partial charge in [-0.1, -0.05) is 6.07 Å². The number of rotatable bonds is 1. The first-order valence-corrected chi connectivity index (χ1v) is 6.22. The van der Waals surface area contributed by atoms with Crippen molar-refractivity contribution < 1.29 is 4.39 Å². The molecule has 0 unspecified atom stereocenters. The largest absolute Gasteiger partial charge is 0.336 e. The summed E-state index contributed by atoms with van der Waals surface area (Å²) >= 11 is 3.34. The summed E-state index contributed by atoms with van der Waals surface area (Å²) in [6.07, 6.45) is 0.